The summed E-state index contributed by atoms with van der Waals surface area (Å²) < 4.78 is 1.45. The topological polar surface area (TPSA) is 12.4 Å². The summed E-state index contributed by atoms with van der Waals surface area (Å²) in [6, 6.07) is 0. The van der Waals surface area contributed by atoms with Crippen LogP contribution in [0.3, 0.4) is 0 Å². The predicted octanol–water partition coefficient (Wildman–Crippen LogP) is 4.35. The molecule has 1 heterocycles. The smallest absolute Gasteiger partial charge is 0.0305 e. The van der Waals surface area contributed by atoms with Gasteiger partial charge in [-0.15, -0.1) is 0 Å². The molecule has 0 aromatic rings. The molecule has 0 saturated heterocycles. The second-order valence-corrected chi connectivity index (χ2v) is 5.95. The monoisotopic (exact) mass is 335 g/mol. The Hall–Kier alpha value is -0.900. The second kappa shape index (κ2) is 4.77. The van der Waals surface area contributed by atoms with Crippen LogP contribution in [-0.4, -0.2) is 6.21 Å². The van der Waals surface area contributed by atoms with Gasteiger partial charge in [0.05, 0.1) is 0 Å². The van der Waals surface area contributed by atoms with Crippen LogP contribution in [0, 0.1) is 11.8 Å². The Kier molecular flexibility index (Phi) is 3.14. The quantitative estimate of drug-likeness (QED) is 0.632. The highest BCUT2D eigenvalue weighted by molar-refractivity contribution is 14.1. The lowest BCUT2D eigenvalue weighted by atomic mass is 9.78. The third-order valence-corrected chi connectivity index (χ3v) is 4.38. The van der Waals surface area contributed by atoms with Gasteiger partial charge >= 0.3 is 0 Å². The zero-order valence-corrected chi connectivity index (χ0v) is 11.7. The van der Waals surface area contributed by atoms with Gasteiger partial charge in [-0.1, -0.05) is 36.5 Å². The summed E-state index contributed by atoms with van der Waals surface area (Å²) in [5, 5.41) is 0. The van der Waals surface area contributed by atoms with Gasteiger partial charge in [0.25, 0.3) is 0 Å². The molecule has 2 atom stereocenters. The highest BCUT2D eigenvalue weighted by Crippen LogP contribution is 2.37. The van der Waals surface area contributed by atoms with Crippen molar-refractivity contribution in [2.24, 2.45) is 16.8 Å². The average Bonchev–Trinajstić information content (AvgIpc) is 2.39. The number of hydrogen-bond donors (Lipinski definition) is 0. The third kappa shape index (κ3) is 2.23. The van der Waals surface area contributed by atoms with Gasteiger partial charge in [0.2, 0.25) is 0 Å². The first-order valence-electron chi connectivity index (χ1n) is 5.98. The van der Waals surface area contributed by atoms with Crippen LogP contribution in [0.2, 0.25) is 0 Å². The van der Waals surface area contributed by atoms with Crippen LogP contribution >= 0.6 is 22.6 Å². The molecule has 0 spiro atoms. The van der Waals surface area contributed by atoms with Gasteiger partial charge in [-0.05, 0) is 50.2 Å². The lowest BCUT2D eigenvalue weighted by molar-refractivity contribution is 0.659. The van der Waals surface area contributed by atoms with Crippen LogP contribution in [0.4, 0.5) is 0 Å². The van der Waals surface area contributed by atoms with Crippen LogP contribution < -0.4 is 0 Å². The van der Waals surface area contributed by atoms with Crippen molar-refractivity contribution in [1.82, 2.24) is 0 Å². The van der Waals surface area contributed by atoms with Crippen molar-refractivity contribution in [3.8, 4) is 0 Å². The molecule has 1 nitrogen and oxygen atoms in total. The standard InChI is InChI=1S/C15H14IN/c16-13-7-5-11(6-8-13)15-10-17-9-12-3-1-2-4-14(12)15/h1-5,7,9-10,12,14H,6,8H2. The van der Waals surface area contributed by atoms with Crippen molar-refractivity contribution in [2.45, 2.75) is 12.8 Å². The minimum Gasteiger partial charge on any atom is -0.268 e. The molecule has 3 aliphatic rings. The van der Waals surface area contributed by atoms with E-state index in [2.05, 4.69) is 70.3 Å². The van der Waals surface area contributed by atoms with Crippen LogP contribution in [0.5, 0.6) is 0 Å². The third-order valence-electron chi connectivity index (χ3n) is 3.48. The number of nitrogens with zero attached hydrogens (tertiary/aromatic N) is 1. The van der Waals surface area contributed by atoms with E-state index in [1.54, 1.807) is 0 Å². The van der Waals surface area contributed by atoms with Gasteiger partial charge in [-0.25, -0.2) is 0 Å². The van der Waals surface area contributed by atoms with Gasteiger partial charge in [0, 0.05) is 24.3 Å². The van der Waals surface area contributed by atoms with E-state index >= 15 is 0 Å². The highest BCUT2D eigenvalue weighted by atomic mass is 127. The summed E-state index contributed by atoms with van der Waals surface area (Å²) >= 11 is 2.42. The van der Waals surface area contributed by atoms with Gasteiger partial charge < -0.3 is 0 Å². The first kappa shape index (κ1) is 11.2. The van der Waals surface area contributed by atoms with E-state index in [4.69, 9.17) is 0 Å². The fraction of sp³-hybridized carbons (Fsp3) is 0.267. The maximum absolute atomic E-state index is 4.40. The number of rotatable bonds is 1. The molecule has 0 saturated carbocycles. The minimum absolute atomic E-state index is 0.450. The number of aliphatic imine (C=N–C) groups is 1. The molecule has 86 valence electrons. The molecule has 0 aromatic carbocycles. The number of fused-ring (bicyclic) bond motifs is 1. The summed E-state index contributed by atoms with van der Waals surface area (Å²) in [7, 11) is 0. The lowest BCUT2D eigenvalue weighted by Gasteiger charge is -2.28. The summed E-state index contributed by atoms with van der Waals surface area (Å²) in [6.07, 6.45) is 19.7. The van der Waals surface area contributed by atoms with Gasteiger partial charge in [0.1, 0.15) is 0 Å². The first-order valence-corrected chi connectivity index (χ1v) is 7.06. The maximum Gasteiger partial charge on any atom is 0.0305 e. The number of allylic oxidation sites excluding steroid dienone is 9. The fourth-order valence-corrected chi connectivity index (χ4v) is 2.99. The van der Waals surface area contributed by atoms with E-state index in [0.717, 1.165) is 6.42 Å². The van der Waals surface area contributed by atoms with Crippen LogP contribution in [0.25, 0.3) is 0 Å². The second-order valence-electron chi connectivity index (χ2n) is 4.56. The Morgan fingerprint density at radius 3 is 2.82 bits per heavy atom. The molecule has 0 aromatic heterocycles. The number of hydrogen-bond acceptors (Lipinski definition) is 1. The van der Waals surface area contributed by atoms with E-state index in [1.165, 1.54) is 21.1 Å². The van der Waals surface area contributed by atoms with E-state index in [1.807, 2.05) is 6.20 Å². The van der Waals surface area contributed by atoms with E-state index in [9.17, 15) is 0 Å². The normalized spacial score (nSPS) is 30.5. The summed E-state index contributed by atoms with van der Waals surface area (Å²) in [4.78, 5) is 4.40. The Balaban J connectivity index is 1.93. The Morgan fingerprint density at radius 1 is 1.12 bits per heavy atom. The Bertz CT molecular complexity index is 503. The van der Waals surface area contributed by atoms with Gasteiger partial charge in [-0.2, -0.15) is 0 Å². The molecule has 2 heteroatoms. The molecule has 3 rings (SSSR count). The maximum atomic E-state index is 4.40. The summed E-state index contributed by atoms with van der Waals surface area (Å²) in [5.41, 5.74) is 2.86. The molecule has 0 N–H and O–H groups in total. The van der Waals surface area contributed by atoms with E-state index in [-0.39, 0.29) is 0 Å². The summed E-state index contributed by atoms with van der Waals surface area (Å²) in [6.45, 7) is 0. The highest BCUT2D eigenvalue weighted by Gasteiger charge is 2.25. The van der Waals surface area contributed by atoms with Crippen molar-refractivity contribution in [2.75, 3.05) is 0 Å². The van der Waals surface area contributed by atoms with Crippen molar-refractivity contribution in [1.29, 1.82) is 0 Å². The molecule has 2 unspecified atom stereocenters. The zero-order chi connectivity index (χ0) is 11.7. The molecule has 2 aliphatic carbocycles. The predicted molar refractivity (Wildman–Crippen MR) is 81.3 cm³/mol. The SMILES string of the molecule is IC1=CC=C(C2=CN=CC3C=CC=CC23)CC1. The lowest BCUT2D eigenvalue weighted by Crippen LogP contribution is -2.20. The molecule has 0 radical (unpaired) electrons. The molecule has 1 aliphatic heterocycles. The largest absolute Gasteiger partial charge is 0.268 e. The molecule has 0 fully saturated rings. The molecule has 17 heavy (non-hydrogen) atoms. The number of halogens is 1. The van der Waals surface area contributed by atoms with Gasteiger partial charge in [0.15, 0.2) is 0 Å². The van der Waals surface area contributed by atoms with Crippen molar-refractivity contribution in [3.05, 3.63) is 57.4 Å². The fourth-order valence-electron chi connectivity index (χ4n) is 2.54. The van der Waals surface area contributed by atoms with Crippen molar-refractivity contribution in [3.63, 3.8) is 0 Å². The molecular formula is C15H14IN. The summed E-state index contributed by atoms with van der Waals surface area (Å²) in [5.74, 6) is 0.943. The van der Waals surface area contributed by atoms with Crippen molar-refractivity contribution >= 4 is 28.8 Å². The van der Waals surface area contributed by atoms with Crippen molar-refractivity contribution < 1.29 is 0 Å². The first-order chi connectivity index (χ1) is 8.34. The van der Waals surface area contributed by atoms with E-state index in [0.29, 0.717) is 11.8 Å². The van der Waals surface area contributed by atoms with Crippen LogP contribution in [0.1, 0.15) is 12.8 Å². The Labute approximate surface area is 116 Å². The Morgan fingerprint density at radius 2 is 2.00 bits per heavy atom. The molecule has 0 amide bonds. The van der Waals surface area contributed by atoms with Gasteiger partial charge in [-0.3, -0.25) is 4.99 Å². The average molecular weight is 335 g/mol. The van der Waals surface area contributed by atoms with Crippen LogP contribution in [0.15, 0.2) is 62.4 Å². The molecular weight excluding hydrogens is 321 g/mol. The van der Waals surface area contributed by atoms with E-state index < -0.39 is 0 Å². The zero-order valence-electron chi connectivity index (χ0n) is 9.51. The minimum atomic E-state index is 0.450. The molecule has 0 bridgehead atoms. The van der Waals surface area contributed by atoms with Crippen LogP contribution in [-0.2, 0) is 0 Å².